The molecule has 2 aromatic carbocycles. The minimum Gasteiger partial charge on any atom is -0.398 e. The highest BCUT2D eigenvalue weighted by atomic mass is 19.1. The number of benzene rings is 2. The van der Waals surface area contributed by atoms with Crippen LogP contribution < -0.4 is 5.73 Å². The minimum atomic E-state index is -0.794. The van der Waals surface area contributed by atoms with Crippen molar-refractivity contribution in [3.8, 4) is 0 Å². The number of halogens is 1. The number of hydrogen-bond acceptors (Lipinski definition) is 2. The molecule has 0 aliphatic heterocycles. The van der Waals surface area contributed by atoms with Crippen molar-refractivity contribution in [3.63, 3.8) is 0 Å². The molecule has 1 unspecified atom stereocenters. The first-order valence-electron chi connectivity index (χ1n) is 6.26. The van der Waals surface area contributed by atoms with Crippen LogP contribution in [0.4, 0.5) is 10.1 Å². The van der Waals surface area contributed by atoms with Crippen molar-refractivity contribution in [2.75, 3.05) is 5.73 Å². The molecule has 0 aromatic heterocycles. The Hall–Kier alpha value is -1.87. The molecule has 0 saturated heterocycles. The zero-order chi connectivity index (χ0) is 14.0. The Bertz CT molecular complexity index is 595. The first kappa shape index (κ1) is 13.6. The molecule has 0 spiro atoms. The van der Waals surface area contributed by atoms with Crippen LogP contribution in [0.25, 0.3) is 0 Å². The molecule has 2 aromatic rings. The van der Waals surface area contributed by atoms with Gasteiger partial charge in [-0.1, -0.05) is 18.2 Å². The maximum Gasteiger partial charge on any atom is 0.123 e. The highest BCUT2D eigenvalue weighted by molar-refractivity contribution is 5.48. The van der Waals surface area contributed by atoms with Crippen LogP contribution in [-0.2, 0) is 6.42 Å². The quantitative estimate of drug-likeness (QED) is 0.831. The van der Waals surface area contributed by atoms with Crippen LogP contribution in [0.3, 0.4) is 0 Å². The highest BCUT2D eigenvalue weighted by Crippen LogP contribution is 2.25. The number of anilines is 1. The average molecular weight is 259 g/mol. The van der Waals surface area contributed by atoms with E-state index in [0.717, 1.165) is 5.56 Å². The summed E-state index contributed by atoms with van der Waals surface area (Å²) in [6.45, 7) is 4.07. The molecule has 3 heteroatoms. The molecule has 0 amide bonds. The highest BCUT2D eigenvalue weighted by Gasteiger charge is 2.13. The van der Waals surface area contributed by atoms with Crippen molar-refractivity contribution >= 4 is 5.69 Å². The summed E-state index contributed by atoms with van der Waals surface area (Å²) in [6.07, 6.45) is -0.368. The number of aliphatic hydroxyl groups is 1. The summed E-state index contributed by atoms with van der Waals surface area (Å²) in [6, 6.07) is 10.1. The van der Waals surface area contributed by atoms with Gasteiger partial charge in [0.05, 0.1) is 6.10 Å². The molecule has 0 aliphatic rings. The summed E-state index contributed by atoms with van der Waals surface area (Å²) in [7, 11) is 0. The van der Waals surface area contributed by atoms with Gasteiger partial charge in [0.25, 0.3) is 0 Å². The van der Waals surface area contributed by atoms with Crippen molar-refractivity contribution in [2.45, 2.75) is 26.4 Å². The molecule has 2 nitrogen and oxygen atoms in total. The zero-order valence-electron chi connectivity index (χ0n) is 11.2. The topological polar surface area (TPSA) is 46.2 Å². The molecule has 0 saturated carbocycles. The van der Waals surface area contributed by atoms with Gasteiger partial charge in [-0.15, -0.1) is 0 Å². The zero-order valence-corrected chi connectivity index (χ0v) is 11.2. The molecule has 0 aliphatic carbocycles. The van der Waals surface area contributed by atoms with Crippen LogP contribution in [-0.4, -0.2) is 5.11 Å². The Balaban J connectivity index is 2.22. The molecule has 0 fully saturated rings. The van der Waals surface area contributed by atoms with E-state index in [-0.39, 0.29) is 5.82 Å². The van der Waals surface area contributed by atoms with E-state index in [1.165, 1.54) is 29.3 Å². The lowest BCUT2D eigenvalue weighted by atomic mass is 9.97. The Kier molecular flexibility index (Phi) is 3.86. The van der Waals surface area contributed by atoms with Gasteiger partial charge in [0.15, 0.2) is 0 Å². The van der Waals surface area contributed by atoms with Gasteiger partial charge in [-0.25, -0.2) is 4.39 Å². The summed E-state index contributed by atoms with van der Waals surface area (Å²) in [5, 5.41) is 10.2. The van der Waals surface area contributed by atoms with Crippen molar-refractivity contribution in [2.24, 2.45) is 0 Å². The maximum absolute atomic E-state index is 13.2. The lowest BCUT2D eigenvalue weighted by Crippen LogP contribution is -2.06. The predicted octanol–water partition coefficient (Wildman–Crippen LogP) is 3.30. The normalized spacial score (nSPS) is 12.4. The summed E-state index contributed by atoms with van der Waals surface area (Å²) in [5.74, 6) is -0.386. The van der Waals surface area contributed by atoms with E-state index < -0.39 is 6.10 Å². The van der Waals surface area contributed by atoms with Gasteiger partial charge in [0.2, 0.25) is 0 Å². The standard InChI is InChI=1S/C16H18FNO/c1-10-3-4-12(7-11(10)2)8-16(19)14-9-13(17)5-6-15(14)18/h3-7,9,16,19H,8,18H2,1-2H3. The largest absolute Gasteiger partial charge is 0.398 e. The third-order valence-corrected chi connectivity index (χ3v) is 3.41. The van der Waals surface area contributed by atoms with Gasteiger partial charge in [0.1, 0.15) is 5.82 Å². The van der Waals surface area contributed by atoms with E-state index in [9.17, 15) is 9.50 Å². The third kappa shape index (κ3) is 3.12. The van der Waals surface area contributed by atoms with Crippen LogP contribution in [0.2, 0.25) is 0 Å². The Morgan fingerprint density at radius 1 is 1.11 bits per heavy atom. The lowest BCUT2D eigenvalue weighted by molar-refractivity contribution is 0.179. The van der Waals surface area contributed by atoms with Crippen LogP contribution in [0, 0.1) is 19.7 Å². The molecule has 0 radical (unpaired) electrons. The third-order valence-electron chi connectivity index (χ3n) is 3.41. The number of rotatable bonds is 3. The van der Waals surface area contributed by atoms with Gasteiger partial charge >= 0.3 is 0 Å². The van der Waals surface area contributed by atoms with Crippen molar-refractivity contribution in [3.05, 3.63) is 64.5 Å². The fourth-order valence-electron chi connectivity index (χ4n) is 2.10. The number of nitrogens with two attached hydrogens (primary N) is 1. The fraction of sp³-hybridized carbons (Fsp3) is 0.250. The van der Waals surface area contributed by atoms with Crippen molar-refractivity contribution in [1.29, 1.82) is 0 Å². The molecule has 0 heterocycles. The SMILES string of the molecule is Cc1ccc(CC(O)c2cc(F)ccc2N)cc1C. The van der Waals surface area contributed by atoms with Gasteiger partial charge in [-0.3, -0.25) is 0 Å². The number of aliphatic hydroxyl groups excluding tert-OH is 1. The van der Waals surface area contributed by atoms with E-state index >= 15 is 0 Å². The van der Waals surface area contributed by atoms with E-state index in [4.69, 9.17) is 5.73 Å². The second-order valence-corrected chi connectivity index (χ2v) is 4.91. The number of hydrogen-bond donors (Lipinski definition) is 2. The fourth-order valence-corrected chi connectivity index (χ4v) is 2.10. The Morgan fingerprint density at radius 3 is 2.53 bits per heavy atom. The van der Waals surface area contributed by atoms with E-state index in [2.05, 4.69) is 0 Å². The molecule has 100 valence electrons. The molecular formula is C16H18FNO. The molecule has 0 bridgehead atoms. The first-order chi connectivity index (χ1) is 8.97. The predicted molar refractivity (Wildman–Crippen MR) is 75.4 cm³/mol. The average Bonchev–Trinajstić information content (AvgIpc) is 2.36. The minimum absolute atomic E-state index is 0.386. The molecule has 1 atom stereocenters. The second kappa shape index (κ2) is 5.41. The number of aryl methyl sites for hydroxylation is 2. The summed E-state index contributed by atoms with van der Waals surface area (Å²) < 4.78 is 13.2. The van der Waals surface area contributed by atoms with E-state index in [1.807, 2.05) is 32.0 Å². The lowest BCUT2D eigenvalue weighted by Gasteiger charge is -2.14. The maximum atomic E-state index is 13.2. The molecule has 2 rings (SSSR count). The van der Waals surface area contributed by atoms with Gasteiger partial charge in [0, 0.05) is 17.7 Å². The molecular weight excluding hydrogens is 241 g/mol. The van der Waals surface area contributed by atoms with Crippen molar-refractivity contribution < 1.29 is 9.50 Å². The van der Waals surface area contributed by atoms with E-state index in [0.29, 0.717) is 17.7 Å². The number of nitrogen functional groups attached to an aromatic ring is 1. The first-order valence-corrected chi connectivity index (χ1v) is 6.26. The van der Waals surface area contributed by atoms with Crippen LogP contribution in [0.1, 0.15) is 28.4 Å². The second-order valence-electron chi connectivity index (χ2n) is 4.91. The smallest absolute Gasteiger partial charge is 0.123 e. The summed E-state index contributed by atoms with van der Waals surface area (Å²) >= 11 is 0. The van der Waals surface area contributed by atoms with Crippen LogP contribution in [0.15, 0.2) is 36.4 Å². The molecule has 3 N–H and O–H groups in total. The van der Waals surface area contributed by atoms with Gasteiger partial charge < -0.3 is 10.8 Å². The van der Waals surface area contributed by atoms with Crippen molar-refractivity contribution in [1.82, 2.24) is 0 Å². The van der Waals surface area contributed by atoms with Gasteiger partial charge in [-0.05, 0) is 48.7 Å². The van der Waals surface area contributed by atoms with Gasteiger partial charge in [-0.2, -0.15) is 0 Å². The molecule has 19 heavy (non-hydrogen) atoms. The van der Waals surface area contributed by atoms with Crippen LogP contribution in [0.5, 0.6) is 0 Å². The Labute approximate surface area is 112 Å². The summed E-state index contributed by atoms with van der Waals surface area (Å²) in [5.41, 5.74) is 10.0. The monoisotopic (exact) mass is 259 g/mol. The van der Waals surface area contributed by atoms with Crippen LogP contribution >= 0.6 is 0 Å². The van der Waals surface area contributed by atoms with E-state index in [1.54, 1.807) is 0 Å². The Morgan fingerprint density at radius 2 is 1.84 bits per heavy atom. The summed E-state index contributed by atoms with van der Waals surface area (Å²) in [4.78, 5) is 0.